The van der Waals surface area contributed by atoms with Crippen molar-refractivity contribution in [1.82, 2.24) is 5.32 Å². The van der Waals surface area contributed by atoms with Crippen molar-refractivity contribution in [3.63, 3.8) is 0 Å². The molecule has 90 valence electrons. The number of amides is 1. The van der Waals surface area contributed by atoms with Crippen molar-refractivity contribution in [2.45, 2.75) is 26.8 Å². The van der Waals surface area contributed by atoms with Crippen molar-refractivity contribution in [1.29, 1.82) is 0 Å². The van der Waals surface area contributed by atoms with Gasteiger partial charge in [-0.3, -0.25) is 0 Å². The van der Waals surface area contributed by atoms with Gasteiger partial charge in [0.1, 0.15) is 18.1 Å². The summed E-state index contributed by atoms with van der Waals surface area (Å²) < 4.78 is 10.1. The average Bonchev–Trinajstić information content (AvgIpc) is 2.54. The van der Waals surface area contributed by atoms with Crippen LogP contribution in [0.1, 0.15) is 30.0 Å². The van der Waals surface area contributed by atoms with Gasteiger partial charge >= 0.3 is 6.09 Å². The Hall–Kier alpha value is -1.49. The predicted octanol–water partition coefficient (Wildman–Crippen LogP) is 1.68. The van der Waals surface area contributed by atoms with Gasteiger partial charge in [-0.25, -0.2) is 4.79 Å². The standard InChI is InChI=1S/C11H17NO4/c1-7-6-10(9(3)16-7)8(2)12-11(14)15-5-4-13/h6,8,13H,4-5H2,1-3H3,(H,12,14). The van der Waals surface area contributed by atoms with Gasteiger partial charge in [0.15, 0.2) is 0 Å². The summed E-state index contributed by atoms with van der Waals surface area (Å²) >= 11 is 0. The van der Waals surface area contributed by atoms with Crippen LogP contribution < -0.4 is 5.32 Å². The molecule has 16 heavy (non-hydrogen) atoms. The smallest absolute Gasteiger partial charge is 0.407 e. The van der Waals surface area contributed by atoms with E-state index in [0.717, 1.165) is 17.1 Å². The lowest BCUT2D eigenvalue weighted by molar-refractivity contribution is 0.116. The van der Waals surface area contributed by atoms with Crippen molar-refractivity contribution < 1.29 is 19.1 Å². The van der Waals surface area contributed by atoms with E-state index in [-0.39, 0.29) is 19.3 Å². The molecular weight excluding hydrogens is 210 g/mol. The van der Waals surface area contributed by atoms with Gasteiger partial charge in [0.25, 0.3) is 0 Å². The first kappa shape index (κ1) is 12.6. The SMILES string of the molecule is Cc1cc(C(C)NC(=O)OCCO)c(C)o1. The Labute approximate surface area is 94.4 Å². The number of nitrogens with one attached hydrogen (secondary N) is 1. The van der Waals surface area contributed by atoms with Gasteiger partial charge < -0.3 is 19.6 Å². The number of carbonyl (C=O) groups is 1. The van der Waals surface area contributed by atoms with Crippen LogP contribution in [0.3, 0.4) is 0 Å². The molecule has 0 saturated carbocycles. The number of aliphatic hydroxyl groups is 1. The van der Waals surface area contributed by atoms with Gasteiger partial charge in [0, 0.05) is 5.56 Å². The molecule has 1 atom stereocenters. The van der Waals surface area contributed by atoms with Crippen molar-refractivity contribution in [3.05, 3.63) is 23.2 Å². The Morgan fingerprint density at radius 2 is 2.31 bits per heavy atom. The van der Waals surface area contributed by atoms with Crippen LogP contribution in [-0.2, 0) is 4.74 Å². The Bertz CT molecular complexity index is 359. The summed E-state index contributed by atoms with van der Waals surface area (Å²) in [5.41, 5.74) is 0.929. The minimum Gasteiger partial charge on any atom is -0.466 e. The van der Waals surface area contributed by atoms with Gasteiger partial charge in [-0.1, -0.05) is 0 Å². The molecule has 1 heterocycles. The van der Waals surface area contributed by atoms with Crippen molar-refractivity contribution >= 4 is 6.09 Å². The van der Waals surface area contributed by atoms with Crippen molar-refractivity contribution in [2.75, 3.05) is 13.2 Å². The average molecular weight is 227 g/mol. The highest BCUT2D eigenvalue weighted by atomic mass is 16.6. The molecule has 0 aliphatic rings. The highest BCUT2D eigenvalue weighted by Gasteiger charge is 2.15. The van der Waals surface area contributed by atoms with Crippen LogP contribution in [0.5, 0.6) is 0 Å². The third-order valence-electron chi connectivity index (χ3n) is 2.20. The van der Waals surface area contributed by atoms with E-state index in [1.165, 1.54) is 0 Å². The molecule has 0 radical (unpaired) electrons. The fraction of sp³-hybridized carbons (Fsp3) is 0.545. The molecule has 0 aliphatic heterocycles. The molecule has 1 unspecified atom stereocenters. The monoisotopic (exact) mass is 227 g/mol. The maximum Gasteiger partial charge on any atom is 0.407 e. The van der Waals surface area contributed by atoms with E-state index in [0.29, 0.717) is 0 Å². The number of rotatable bonds is 4. The van der Waals surface area contributed by atoms with Crippen LogP contribution in [0.2, 0.25) is 0 Å². The molecule has 1 amide bonds. The van der Waals surface area contributed by atoms with Crippen molar-refractivity contribution in [3.8, 4) is 0 Å². The Balaban J connectivity index is 2.55. The van der Waals surface area contributed by atoms with Gasteiger partial charge in [-0.15, -0.1) is 0 Å². The van der Waals surface area contributed by atoms with Gasteiger partial charge in [-0.2, -0.15) is 0 Å². The molecule has 0 saturated heterocycles. The summed E-state index contributed by atoms with van der Waals surface area (Å²) in [7, 11) is 0. The molecular formula is C11H17NO4. The Morgan fingerprint density at radius 1 is 1.62 bits per heavy atom. The Morgan fingerprint density at radius 3 is 2.81 bits per heavy atom. The maximum absolute atomic E-state index is 11.2. The van der Waals surface area contributed by atoms with Crippen LogP contribution in [-0.4, -0.2) is 24.4 Å². The Kier molecular flexibility index (Phi) is 4.37. The number of aryl methyl sites for hydroxylation is 2. The quantitative estimate of drug-likeness (QED) is 0.820. The van der Waals surface area contributed by atoms with E-state index in [4.69, 9.17) is 14.3 Å². The van der Waals surface area contributed by atoms with Crippen LogP contribution in [0, 0.1) is 13.8 Å². The van der Waals surface area contributed by atoms with E-state index >= 15 is 0 Å². The zero-order valence-electron chi connectivity index (χ0n) is 9.74. The molecule has 5 nitrogen and oxygen atoms in total. The molecule has 5 heteroatoms. The first-order chi connectivity index (χ1) is 7.54. The zero-order valence-corrected chi connectivity index (χ0v) is 9.74. The zero-order chi connectivity index (χ0) is 12.1. The van der Waals surface area contributed by atoms with Crippen LogP contribution >= 0.6 is 0 Å². The fourth-order valence-electron chi connectivity index (χ4n) is 1.51. The third-order valence-corrected chi connectivity index (χ3v) is 2.20. The second-order valence-corrected chi connectivity index (χ2v) is 3.59. The molecule has 0 bridgehead atoms. The number of hydrogen-bond acceptors (Lipinski definition) is 4. The minimum absolute atomic E-state index is 0.00193. The summed E-state index contributed by atoms with van der Waals surface area (Å²) in [4.78, 5) is 11.2. The first-order valence-corrected chi connectivity index (χ1v) is 5.15. The molecule has 2 N–H and O–H groups in total. The van der Waals surface area contributed by atoms with E-state index in [1.54, 1.807) is 0 Å². The van der Waals surface area contributed by atoms with Crippen LogP contribution in [0.15, 0.2) is 10.5 Å². The van der Waals surface area contributed by atoms with E-state index in [2.05, 4.69) is 5.32 Å². The molecule has 0 spiro atoms. The van der Waals surface area contributed by atoms with Crippen LogP contribution in [0.25, 0.3) is 0 Å². The molecule has 1 aromatic heterocycles. The second-order valence-electron chi connectivity index (χ2n) is 3.59. The van der Waals surface area contributed by atoms with Gasteiger partial charge in [0.05, 0.1) is 12.6 Å². The van der Waals surface area contributed by atoms with Crippen LogP contribution in [0.4, 0.5) is 4.79 Å². The third kappa shape index (κ3) is 3.27. The highest BCUT2D eigenvalue weighted by molar-refractivity contribution is 5.67. The first-order valence-electron chi connectivity index (χ1n) is 5.15. The summed E-state index contributed by atoms with van der Waals surface area (Å²) in [5.74, 6) is 1.59. The maximum atomic E-state index is 11.2. The van der Waals surface area contributed by atoms with E-state index < -0.39 is 6.09 Å². The fourth-order valence-corrected chi connectivity index (χ4v) is 1.51. The van der Waals surface area contributed by atoms with E-state index in [9.17, 15) is 4.79 Å². The topological polar surface area (TPSA) is 71.7 Å². The predicted molar refractivity (Wildman–Crippen MR) is 58.2 cm³/mol. The molecule has 0 aliphatic carbocycles. The number of alkyl carbamates (subject to hydrolysis) is 1. The number of carbonyl (C=O) groups excluding carboxylic acids is 1. The van der Waals surface area contributed by atoms with E-state index in [1.807, 2.05) is 26.8 Å². The summed E-state index contributed by atoms with van der Waals surface area (Å²) in [5, 5.41) is 11.1. The lowest BCUT2D eigenvalue weighted by atomic mass is 10.1. The lowest BCUT2D eigenvalue weighted by Crippen LogP contribution is -2.28. The highest BCUT2D eigenvalue weighted by Crippen LogP contribution is 2.20. The van der Waals surface area contributed by atoms with Gasteiger partial charge in [-0.05, 0) is 26.8 Å². The summed E-state index contributed by atoms with van der Waals surface area (Å²) in [6.45, 7) is 5.37. The molecule has 0 fully saturated rings. The molecule has 0 aromatic carbocycles. The number of ether oxygens (including phenoxy) is 1. The second kappa shape index (κ2) is 5.55. The number of furan rings is 1. The summed E-state index contributed by atoms with van der Waals surface area (Å²) in [6.07, 6.45) is -0.542. The minimum atomic E-state index is -0.542. The number of aliphatic hydroxyl groups excluding tert-OH is 1. The lowest BCUT2D eigenvalue weighted by Gasteiger charge is -2.12. The number of hydrogen-bond donors (Lipinski definition) is 2. The van der Waals surface area contributed by atoms with Gasteiger partial charge in [0.2, 0.25) is 0 Å². The largest absolute Gasteiger partial charge is 0.466 e. The van der Waals surface area contributed by atoms with Crippen molar-refractivity contribution in [2.24, 2.45) is 0 Å². The normalized spacial score (nSPS) is 12.2. The molecule has 1 rings (SSSR count). The summed E-state index contributed by atoms with van der Waals surface area (Å²) in [6, 6.07) is 1.70. The molecule has 1 aromatic rings.